The zero-order chi connectivity index (χ0) is 11.4. The van der Waals surface area contributed by atoms with Crippen LogP contribution >= 0.6 is 22.9 Å². The van der Waals surface area contributed by atoms with Crippen LogP contribution in [0.15, 0.2) is 0 Å². The molecular weight excluding hydrogens is 250 g/mol. The predicted octanol–water partition coefficient (Wildman–Crippen LogP) is 1.61. The van der Waals surface area contributed by atoms with Gasteiger partial charge in [0.15, 0.2) is 0 Å². The van der Waals surface area contributed by atoms with E-state index >= 15 is 0 Å². The number of nitrogens with zero attached hydrogens (tertiary/aromatic N) is 2. The average Bonchev–Trinajstić information content (AvgIpc) is 2.78. The zero-order valence-corrected chi connectivity index (χ0v) is 10.2. The van der Waals surface area contributed by atoms with Crippen molar-refractivity contribution < 1.29 is 9.53 Å². The van der Waals surface area contributed by atoms with Crippen LogP contribution in [0.3, 0.4) is 0 Å². The SMILES string of the molecule is O=C(CCl)Nc1nnc(C2CCCOC2)s1. The van der Waals surface area contributed by atoms with Crippen molar-refractivity contribution in [2.75, 3.05) is 24.4 Å². The molecule has 1 fully saturated rings. The van der Waals surface area contributed by atoms with Crippen LogP contribution in [0, 0.1) is 0 Å². The summed E-state index contributed by atoms with van der Waals surface area (Å²) in [6.45, 7) is 1.52. The van der Waals surface area contributed by atoms with Gasteiger partial charge in [0.25, 0.3) is 0 Å². The van der Waals surface area contributed by atoms with E-state index in [0.717, 1.165) is 24.5 Å². The van der Waals surface area contributed by atoms with Crippen molar-refractivity contribution in [2.45, 2.75) is 18.8 Å². The highest BCUT2D eigenvalue weighted by Gasteiger charge is 2.20. The topological polar surface area (TPSA) is 64.1 Å². The van der Waals surface area contributed by atoms with Crippen molar-refractivity contribution in [3.05, 3.63) is 5.01 Å². The molecule has 1 aromatic heterocycles. The van der Waals surface area contributed by atoms with Gasteiger partial charge in [-0.1, -0.05) is 11.3 Å². The van der Waals surface area contributed by atoms with Crippen LogP contribution in [0.4, 0.5) is 5.13 Å². The maximum Gasteiger partial charge on any atom is 0.241 e. The first-order chi connectivity index (χ1) is 7.79. The van der Waals surface area contributed by atoms with Gasteiger partial charge in [0.05, 0.1) is 6.61 Å². The van der Waals surface area contributed by atoms with E-state index in [0.29, 0.717) is 17.7 Å². The van der Waals surface area contributed by atoms with Gasteiger partial charge in [-0.05, 0) is 12.8 Å². The fraction of sp³-hybridized carbons (Fsp3) is 0.667. The van der Waals surface area contributed by atoms with Gasteiger partial charge in [-0.15, -0.1) is 21.8 Å². The minimum Gasteiger partial charge on any atom is -0.381 e. The fourth-order valence-corrected chi connectivity index (χ4v) is 2.48. The molecule has 1 amide bonds. The summed E-state index contributed by atoms with van der Waals surface area (Å²) >= 11 is 6.77. The summed E-state index contributed by atoms with van der Waals surface area (Å²) in [4.78, 5) is 11.0. The molecule has 0 radical (unpaired) electrons. The molecule has 1 saturated heterocycles. The summed E-state index contributed by atoms with van der Waals surface area (Å²) in [5, 5.41) is 12.0. The van der Waals surface area contributed by atoms with Crippen molar-refractivity contribution in [2.24, 2.45) is 0 Å². The van der Waals surface area contributed by atoms with E-state index in [1.807, 2.05) is 0 Å². The predicted molar refractivity (Wildman–Crippen MR) is 62.1 cm³/mol. The van der Waals surface area contributed by atoms with Gasteiger partial charge in [-0.2, -0.15) is 0 Å². The quantitative estimate of drug-likeness (QED) is 0.840. The van der Waals surface area contributed by atoms with Crippen LogP contribution in [-0.4, -0.2) is 35.2 Å². The van der Waals surface area contributed by atoms with Crippen molar-refractivity contribution in [3.8, 4) is 0 Å². The van der Waals surface area contributed by atoms with Gasteiger partial charge in [0, 0.05) is 12.5 Å². The summed E-state index contributed by atoms with van der Waals surface area (Å²) in [7, 11) is 0. The van der Waals surface area contributed by atoms with E-state index in [2.05, 4.69) is 15.5 Å². The number of anilines is 1. The second kappa shape index (κ2) is 5.56. The molecule has 1 aliphatic rings. The molecule has 1 unspecified atom stereocenters. The van der Waals surface area contributed by atoms with Gasteiger partial charge >= 0.3 is 0 Å². The number of carbonyl (C=O) groups excluding carboxylic acids is 1. The maximum absolute atomic E-state index is 11.0. The Labute approximate surface area is 102 Å². The molecule has 88 valence electrons. The lowest BCUT2D eigenvalue weighted by molar-refractivity contribution is -0.113. The summed E-state index contributed by atoms with van der Waals surface area (Å²) in [5.41, 5.74) is 0. The summed E-state index contributed by atoms with van der Waals surface area (Å²) in [6, 6.07) is 0. The minimum atomic E-state index is -0.260. The number of alkyl halides is 1. The lowest BCUT2D eigenvalue weighted by Crippen LogP contribution is -2.15. The molecule has 7 heteroatoms. The second-order valence-corrected chi connectivity index (χ2v) is 4.82. The van der Waals surface area contributed by atoms with E-state index in [-0.39, 0.29) is 11.8 Å². The lowest BCUT2D eigenvalue weighted by Gasteiger charge is -2.18. The molecule has 1 aliphatic heterocycles. The monoisotopic (exact) mass is 261 g/mol. The van der Waals surface area contributed by atoms with E-state index in [1.165, 1.54) is 11.3 Å². The number of hydrogen-bond acceptors (Lipinski definition) is 5. The molecule has 0 bridgehead atoms. The summed E-state index contributed by atoms with van der Waals surface area (Å²) < 4.78 is 5.38. The first-order valence-electron chi connectivity index (χ1n) is 5.06. The fourth-order valence-electron chi connectivity index (χ4n) is 1.54. The van der Waals surface area contributed by atoms with Crippen LogP contribution < -0.4 is 5.32 Å². The van der Waals surface area contributed by atoms with Crippen LogP contribution in [-0.2, 0) is 9.53 Å². The maximum atomic E-state index is 11.0. The molecule has 16 heavy (non-hydrogen) atoms. The Morgan fingerprint density at radius 1 is 1.62 bits per heavy atom. The number of ether oxygens (including phenoxy) is 1. The molecule has 2 heterocycles. The highest BCUT2D eigenvalue weighted by atomic mass is 35.5. The molecule has 0 saturated carbocycles. The van der Waals surface area contributed by atoms with Crippen molar-refractivity contribution in [1.82, 2.24) is 10.2 Å². The number of hydrogen-bond donors (Lipinski definition) is 1. The first kappa shape index (κ1) is 11.8. The molecule has 1 N–H and O–H groups in total. The highest BCUT2D eigenvalue weighted by molar-refractivity contribution is 7.15. The Morgan fingerprint density at radius 2 is 2.50 bits per heavy atom. The standard InChI is InChI=1S/C9H12ClN3O2S/c10-4-7(14)11-9-13-12-8(16-9)6-2-1-3-15-5-6/h6H,1-5H2,(H,11,13,14). The van der Waals surface area contributed by atoms with Crippen molar-refractivity contribution >= 4 is 34.0 Å². The average molecular weight is 262 g/mol. The van der Waals surface area contributed by atoms with Crippen LogP contribution in [0.5, 0.6) is 0 Å². The summed E-state index contributed by atoms with van der Waals surface area (Å²) in [6.07, 6.45) is 2.12. The van der Waals surface area contributed by atoms with E-state index < -0.39 is 0 Å². The van der Waals surface area contributed by atoms with Crippen molar-refractivity contribution in [1.29, 1.82) is 0 Å². The number of rotatable bonds is 3. The third-order valence-electron chi connectivity index (χ3n) is 2.32. The van der Waals surface area contributed by atoms with E-state index in [1.54, 1.807) is 0 Å². The second-order valence-electron chi connectivity index (χ2n) is 3.54. The molecule has 2 rings (SSSR count). The third-order valence-corrected chi connectivity index (χ3v) is 3.56. The highest BCUT2D eigenvalue weighted by Crippen LogP contribution is 2.29. The minimum absolute atomic E-state index is 0.0680. The Morgan fingerprint density at radius 3 is 3.19 bits per heavy atom. The van der Waals surface area contributed by atoms with Gasteiger partial charge in [0.2, 0.25) is 11.0 Å². The summed E-state index contributed by atoms with van der Waals surface area (Å²) in [5.74, 6) is -0.0151. The number of amides is 1. The van der Waals surface area contributed by atoms with Gasteiger partial charge < -0.3 is 4.74 Å². The molecule has 1 atom stereocenters. The Bertz CT molecular complexity index is 365. The van der Waals surface area contributed by atoms with Crippen LogP contribution in [0.25, 0.3) is 0 Å². The number of carbonyl (C=O) groups is 1. The Balaban J connectivity index is 1.98. The smallest absolute Gasteiger partial charge is 0.241 e. The molecule has 0 spiro atoms. The van der Waals surface area contributed by atoms with Gasteiger partial charge in [0.1, 0.15) is 10.9 Å². The first-order valence-corrected chi connectivity index (χ1v) is 6.41. The largest absolute Gasteiger partial charge is 0.381 e. The number of nitrogens with one attached hydrogen (secondary N) is 1. The normalized spacial score (nSPS) is 20.7. The molecule has 5 nitrogen and oxygen atoms in total. The van der Waals surface area contributed by atoms with Crippen molar-refractivity contribution in [3.63, 3.8) is 0 Å². The van der Waals surface area contributed by atoms with Crippen LogP contribution in [0.1, 0.15) is 23.8 Å². The Kier molecular flexibility index (Phi) is 4.09. The third kappa shape index (κ3) is 2.90. The number of aromatic nitrogens is 2. The van der Waals surface area contributed by atoms with E-state index in [9.17, 15) is 4.79 Å². The lowest BCUT2D eigenvalue weighted by atomic mass is 10.0. The molecular formula is C9H12ClN3O2S. The molecule has 0 aromatic carbocycles. The van der Waals surface area contributed by atoms with Gasteiger partial charge in [-0.25, -0.2) is 0 Å². The number of halogens is 1. The van der Waals surface area contributed by atoms with Gasteiger partial charge in [-0.3, -0.25) is 10.1 Å². The van der Waals surface area contributed by atoms with E-state index in [4.69, 9.17) is 16.3 Å². The zero-order valence-electron chi connectivity index (χ0n) is 8.61. The van der Waals surface area contributed by atoms with Crippen LogP contribution in [0.2, 0.25) is 0 Å². The molecule has 0 aliphatic carbocycles. The Hall–Kier alpha value is -0.720. The molecule has 1 aromatic rings.